The molecule has 0 aliphatic rings. The lowest BCUT2D eigenvalue weighted by atomic mass is 9.97. The average Bonchev–Trinajstić information content (AvgIpc) is 1.82. The predicted molar refractivity (Wildman–Crippen MR) is 41.6 cm³/mol. The molecule has 0 aliphatic carbocycles. The molecule has 0 unspecified atom stereocenters. The number of hydrogen-bond donors (Lipinski definition) is 1. The highest BCUT2D eigenvalue weighted by molar-refractivity contribution is 5.24. The van der Waals surface area contributed by atoms with Gasteiger partial charge in [0.25, 0.3) is 0 Å². The summed E-state index contributed by atoms with van der Waals surface area (Å²) in [4.78, 5) is 0. The molecule has 0 saturated heterocycles. The molecule has 1 aromatic rings. The Bertz CT molecular complexity index is 269. The molecule has 0 fully saturated rings. The molecule has 12 heavy (non-hydrogen) atoms. The summed E-state index contributed by atoms with van der Waals surface area (Å²) in [6.45, 7) is 2.68. The first kappa shape index (κ1) is 9.13. The molecule has 1 aromatic carbocycles. The second-order valence-electron chi connectivity index (χ2n) is 3.16. The Balaban J connectivity index is 3.31. The molecule has 0 heterocycles. The van der Waals surface area contributed by atoms with E-state index in [1.54, 1.807) is 0 Å². The van der Waals surface area contributed by atoms with Crippen molar-refractivity contribution in [2.45, 2.75) is 19.4 Å². The van der Waals surface area contributed by atoms with Crippen LogP contribution in [0.15, 0.2) is 18.2 Å². The summed E-state index contributed by atoms with van der Waals surface area (Å²) < 4.78 is 25.9. The van der Waals surface area contributed by atoms with Gasteiger partial charge in [-0.3, -0.25) is 0 Å². The molecule has 3 heteroatoms. The molecule has 0 amide bonds. The average molecular weight is 172 g/mol. The summed E-state index contributed by atoms with van der Waals surface area (Å²) >= 11 is 0. The molecule has 66 valence electrons. The Labute approximate surface area is 69.7 Å². The zero-order chi connectivity index (χ0) is 9.35. The maximum absolute atomic E-state index is 12.9. The van der Waals surface area contributed by atoms with Crippen LogP contribution < -0.4 is 0 Å². The Morgan fingerprint density at radius 3 is 1.83 bits per heavy atom. The minimum atomic E-state index is -1.48. The van der Waals surface area contributed by atoms with Crippen LogP contribution >= 0.6 is 0 Å². The highest BCUT2D eigenvalue weighted by Crippen LogP contribution is 2.25. The number of rotatable bonds is 1. The van der Waals surface area contributed by atoms with Gasteiger partial charge >= 0.3 is 0 Å². The van der Waals surface area contributed by atoms with E-state index >= 15 is 0 Å². The van der Waals surface area contributed by atoms with E-state index in [0.717, 1.165) is 12.1 Å². The largest absolute Gasteiger partial charge is 0.386 e. The first-order valence-corrected chi connectivity index (χ1v) is 3.60. The van der Waals surface area contributed by atoms with Crippen LogP contribution in [-0.4, -0.2) is 5.11 Å². The summed E-state index contributed by atoms with van der Waals surface area (Å²) in [5.74, 6) is -1.44. The second-order valence-corrected chi connectivity index (χ2v) is 3.16. The van der Waals surface area contributed by atoms with Gasteiger partial charge in [0.1, 0.15) is 11.6 Å². The molecule has 0 radical (unpaired) electrons. The van der Waals surface area contributed by atoms with E-state index in [1.165, 1.54) is 19.9 Å². The molecule has 0 atom stereocenters. The van der Waals surface area contributed by atoms with Crippen molar-refractivity contribution < 1.29 is 13.9 Å². The van der Waals surface area contributed by atoms with Gasteiger partial charge in [0.05, 0.1) is 11.2 Å². The fourth-order valence-electron chi connectivity index (χ4n) is 1.08. The maximum atomic E-state index is 12.9. The molecule has 0 saturated carbocycles. The van der Waals surface area contributed by atoms with Crippen molar-refractivity contribution in [2.24, 2.45) is 0 Å². The molecule has 0 aromatic heterocycles. The van der Waals surface area contributed by atoms with Crippen molar-refractivity contribution in [3.8, 4) is 0 Å². The van der Waals surface area contributed by atoms with Gasteiger partial charge in [0, 0.05) is 0 Å². The van der Waals surface area contributed by atoms with E-state index in [0.29, 0.717) is 0 Å². The highest BCUT2D eigenvalue weighted by Gasteiger charge is 2.24. The van der Waals surface area contributed by atoms with Crippen molar-refractivity contribution in [1.29, 1.82) is 0 Å². The van der Waals surface area contributed by atoms with Gasteiger partial charge < -0.3 is 5.11 Å². The van der Waals surface area contributed by atoms with Crippen molar-refractivity contribution in [2.75, 3.05) is 0 Å². The summed E-state index contributed by atoms with van der Waals surface area (Å²) in [5, 5.41) is 9.37. The van der Waals surface area contributed by atoms with Crippen LogP contribution in [-0.2, 0) is 5.60 Å². The number of aliphatic hydroxyl groups is 1. The van der Waals surface area contributed by atoms with Crippen molar-refractivity contribution in [3.05, 3.63) is 35.4 Å². The molecular formula is C9H10F2O. The third-order valence-electron chi connectivity index (χ3n) is 1.57. The quantitative estimate of drug-likeness (QED) is 0.688. The normalized spacial score (nSPS) is 11.8. The highest BCUT2D eigenvalue weighted by atomic mass is 19.1. The Kier molecular flexibility index (Phi) is 2.15. The Morgan fingerprint density at radius 1 is 1.17 bits per heavy atom. The Morgan fingerprint density at radius 2 is 1.58 bits per heavy atom. The van der Waals surface area contributed by atoms with Gasteiger partial charge in [-0.25, -0.2) is 8.78 Å². The lowest BCUT2D eigenvalue weighted by molar-refractivity contribution is 0.0702. The van der Waals surface area contributed by atoms with Gasteiger partial charge in [-0.05, 0) is 26.0 Å². The maximum Gasteiger partial charge on any atom is 0.132 e. The lowest BCUT2D eigenvalue weighted by Crippen LogP contribution is -2.19. The molecule has 0 spiro atoms. The lowest BCUT2D eigenvalue weighted by Gasteiger charge is -2.18. The number of hydrogen-bond acceptors (Lipinski definition) is 1. The van der Waals surface area contributed by atoms with Crippen LogP contribution in [0.2, 0.25) is 0 Å². The summed E-state index contributed by atoms with van der Waals surface area (Å²) in [7, 11) is 0. The van der Waals surface area contributed by atoms with E-state index in [4.69, 9.17) is 0 Å². The fraction of sp³-hybridized carbons (Fsp3) is 0.333. The zero-order valence-electron chi connectivity index (χ0n) is 6.94. The van der Waals surface area contributed by atoms with Crippen molar-refractivity contribution in [3.63, 3.8) is 0 Å². The monoisotopic (exact) mass is 172 g/mol. The van der Waals surface area contributed by atoms with Crippen LogP contribution in [0.5, 0.6) is 0 Å². The van der Waals surface area contributed by atoms with Crippen LogP contribution in [0.4, 0.5) is 8.78 Å². The van der Waals surface area contributed by atoms with E-state index in [-0.39, 0.29) is 5.56 Å². The predicted octanol–water partition coefficient (Wildman–Crippen LogP) is 2.19. The molecule has 0 aliphatic heterocycles. The number of benzene rings is 1. The molecule has 0 bridgehead atoms. The van der Waals surface area contributed by atoms with Gasteiger partial charge in [0.2, 0.25) is 0 Å². The van der Waals surface area contributed by atoms with Gasteiger partial charge in [-0.2, -0.15) is 0 Å². The van der Waals surface area contributed by atoms with Crippen LogP contribution in [0.3, 0.4) is 0 Å². The third kappa shape index (κ3) is 1.61. The van der Waals surface area contributed by atoms with Crippen molar-refractivity contribution in [1.82, 2.24) is 0 Å². The molecule has 1 nitrogen and oxygen atoms in total. The van der Waals surface area contributed by atoms with Gasteiger partial charge in [-0.1, -0.05) is 6.07 Å². The molecular weight excluding hydrogens is 162 g/mol. The van der Waals surface area contributed by atoms with E-state index in [1.807, 2.05) is 0 Å². The third-order valence-corrected chi connectivity index (χ3v) is 1.57. The minimum Gasteiger partial charge on any atom is -0.386 e. The smallest absolute Gasteiger partial charge is 0.132 e. The molecule has 1 rings (SSSR count). The van der Waals surface area contributed by atoms with Crippen LogP contribution in [0, 0.1) is 11.6 Å². The van der Waals surface area contributed by atoms with Crippen molar-refractivity contribution >= 4 is 0 Å². The topological polar surface area (TPSA) is 20.2 Å². The zero-order valence-corrected chi connectivity index (χ0v) is 6.94. The summed E-state index contributed by atoms with van der Waals surface area (Å²) in [6, 6.07) is 3.51. The Hall–Kier alpha value is -0.960. The summed E-state index contributed by atoms with van der Waals surface area (Å²) in [6.07, 6.45) is 0. The second kappa shape index (κ2) is 2.83. The SMILES string of the molecule is CC(C)(O)c1c(F)cccc1F. The van der Waals surface area contributed by atoms with Gasteiger partial charge in [0.15, 0.2) is 0 Å². The molecule has 1 N–H and O–H groups in total. The summed E-state index contributed by atoms with van der Waals surface area (Å²) in [5.41, 5.74) is -1.76. The first-order chi connectivity index (χ1) is 5.43. The van der Waals surface area contributed by atoms with Crippen LogP contribution in [0.25, 0.3) is 0 Å². The van der Waals surface area contributed by atoms with Crippen LogP contribution in [0.1, 0.15) is 19.4 Å². The number of halogens is 2. The van der Waals surface area contributed by atoms with E-state index in [9.17, 15) is 13.9 Å². The first-order valence-electron chi connectivity index (χ1n) is 3.60. The fourth-order valence-corrected chi connectivity index (χ4v) is 1.08. The van der Waals surface area contributed by atoms with E-state index < -0.39 is 17.2 Å². The van der Waals surface area contributed by atoms with Gasteiger partial charge in [-0.15, -0.1) is 0 Å². The van der Waals surface area contributed by atoms with E-state index in [2.05, 4.69) is 0 Å². The standard InChI is InChI=1S/C9H10F2O/c1-9(2,12)8-6(10)4-3-5-7(8)11/h3-5,12H,1-2H3. The minimum absolute atomic E-state index is 0.287.